The number of rotatable bonds is 2. The maximum absolute atomic E-state index is 12.6. The maximum atomic E-state index is 12.6. The molecule has 0 aromatic heterocycles. The molecule has 112 valence electrons. The predicted molar refractivity (Wildman–Crippen MR) is 53.2 cm³/mol. The third-order valence-electron chi connectivity index (χ3n) is 2.21. The van der Waals surface area contributed by atoms with E-state index in [0.717, 1.165) is 0 Å². The van der Waals surface area contributed by atoms with Crippen LogP contribution in [0.3, 0.4) is 0 Å². The summed E-state index contributed by atoms with van der Waals surface area (Å²) in [5.74, 6) is 0. The Labute approximate surface area is 108 Å². The Hall–Kier alpha value is -1.62. The maximum Gasteiger partial charge on any atom is 0.417 e. The van der Waals surface area contributed by atoms with Crippen molar-refractivity contribution in [3.8, 4) is 0 Å². The molecule has 1 aromatic carbocycles. The molecule has 0 amide bonds. The average molecular weight is 321 g/mol. The zero-order valence-electron chi connectivity index (χ0n) is 9.21. The average Bonchev–Trinajstić information content (AvgIpc) is 2.23. The normalized spacial score (nSPS) is 13.3. The molecular weight excluding hydrogens is 316 g/mol. The van der Waals surface area contributed by atoms with Gasteiger partial charge in [-0.3, -0.25) is 4.79 Å². The Morgan fingerprint density at radius 3 is 1.50 bits per heavy atom. The zero-order valence-corrected chi connectivity index (χ0v) is 10.0. The van der Waals surface area contributed by atoms with Gasteiger partial charge in [-0.25, -0.2) is 13.6 Å². The number of carbonyl (C=O) groups excluding carboxylic acids is 1. The largest absolute Gasteiger partial charge is 0.417 e. The van der Waals surface area contributed by atoms with Crippen LogP contribution in [0, 0.1) is 0 Å². The van der Waals surface area contributed by atoms with Gasteiger partial charge >= 0.3 is 12.4 Å². The lowest BCUT2D eigenvalue weighted by atomic mass is 10.0. The molecule has 0 fully saturated rings. The first-order valence-electron chi connectivity index (χ1n) is 4.59. The first-order chi connectivity index (χ1) is 8.78. The lowest BCUT2D eigenvalue weighted by Crippen LogP contribution is -2.20. The number of halogens is 6. The minimum Gasteiger partial charge on any atom is -0.298 e. The number of nitrogens with two attached hydrogens (primary N) is 1. The highest BCUT2D eigenvalue weighted by molar-refractivity contribution is 7.89. The molecule has 0 aliphatic heterocycles. The molecule has 0 heterocycles. The quantitative estimate of drug-likeness (QED) is 0.670. The molecule has 0 aliphatic rings. The third kappa shape index (κ3) is 3.28. The topological polar surface area (TPSA) is 77.2 Å². The van der Waals surface area contributed by atoms with Crippen molar-refractivity contribution in [1.82, 2.24) is 0 Å². The second-order valence-electron chi connectivity index (χ2n) is 3.59. The van der Waals surface area contributed by atoms with Crippen LogP contribution in [0.25, 0.3) is 0 Å². The Morgan fingerprint density at radius 2 is 1.30 bits per heavy atom. The van der Waals surface area contributed by atoms with E-state index in [-0.39, 0.29) is 12.1 Å². The number of alkyl halides is 6. The number of hydrogen-bond acceptors (Lipinski definition) is 3. The smallest absolute Gasteiger partial charge is 0.298 e. The fourth-order valence-electron chi connectivity index (χ4n) is 1.39. The van der Waals surface area contributed by atoms with Gasteiger partial charge in [-0.05, 0) is 12.1 Å². The van der Waals surface area contributed by atoms with Gasteiger partial charge in [-0.2, -0.15) is 26.3 Å². The molecule has 0 saturated carbocycles. The number of aldehydes is 1. The Bertz CT molecular complexity index is 612. The van der Waals surface area contributed by atoms with Crippen LogP contribution in [-0.4, -0.2) is 14.7 Å². The summed E-state index contributed by atoms with van der Waals surface area (Å²) in [6.07, 6.45) is -11.3. The van der Waals surface area contributed by atoms with Crippen LogP contribution < -0.4 is 5.14 Å². The van der Waals surface area contributed by atoms with Crippen LogP contribution in [0.1, 0.15) is 21.5 Å². The molecule has 0 atom stereocenters. The SMILES string of the molecule is NS(=O)(=O)c1cc(C(F)(F)F)c(C=O)c(C(F)(F)F)c1. The van der Waals surface area contributed by atoms with Crippen LogP contribution in [0.4, 0.5) is 26.3 Å². The van der Waals surface area contributed by atoms with E-state index >= 15 is 0 Å². The lowest BCUT2D eigenvalue weighted by molar-refractivity contribution is -0.143. The van der Waals surface area contributed by atoms with Gasteiger partial charge in [0.25, 0.3) is 0 Å². The first kappa shape index (κ1) is 16.4. The Kier molecular flexibility index (Phi) is 3.89. The molecule has 1 aromatic rings. The standard InChI is InChI=1S/C9H5F6NO3S/c10-8(11,12)6-1-4(20(16,18)19)2-7(5(6)3-17)9(13,14)15/h1-3H,(H2,16,18,19). The number of benzene rings is 1. The van der Waals surface area contributed by atoms with Gasteiger partial charge in [0.05, 0.1) is 16.0 Å². The van der Waals surface area contributed by atoms with E-state index in [1.807, 2.05) is 0 Å². The van der Waals surface area contributed by atoms with Crippen LogP contribution in [0.15, 0.2) is 17.0 Å². The first-order valence-corrected chi connectivity index (χ1v) is 6.13. The highest BCUT2D eigenvalue weighted by Crippen LogP contribution is 2.40. The molecule has 2 N–H and O–H groups in total. The van der Waals surface area contributed by atoms with Crippen molar-refractivity contribution in [1.29, 1.82) is 0 Å². The molecule has 0 saturated heterocycles. The van der Waals surface area contributed by atoms with Crippen LogP contribution in [0.2, 0.25) is 0 Å². The number of sulfonamides is 1. The Morgan fingerprint density at radius 1 is 0.950 bits per heavy atom. The molecule has 11 heteroatoms. The van der Waals surface area contributed by atoms with Gasteiger partial charge in [0.2, 0.25) is 10.0 Å². The van der Waals surface area contributed by atoms with Crippen molar-refractivity contribution in [3.63, 3.8) is 0 Å². The number of hydrogen-bond donors (Lipinski definition) is 1. The van der Waals surface area contributed by atoms with Crippen LogP contribution in [0.5, 0.6) is 0 Å². The minimum absolute atomic E-state index is 0.117. The van der Waals surface area contributed by atoms with E-state index in [0.29, 0.717) is 0 Å². The molecule has 0 bridgehead atoms. The van der Waals surface area contributed by atoms with E-state index in [4.69, 9.17) is 0 Å². The van der Waals surface area contributed by atoms with Crippen molar-refractivity contribution in [2.75, 3.05) is 0 Å². The molecule has 0 radical (unpaired) electrons. The molecule has 20 heavy (non-hydrogen) atoms. The van der Waals surface area contributed by atoms with Crippen molar-refractivity contribution in [2.45, 2.75) is 17.2 Å². The molecule has 0 aliphatic carbocycles. The van der Waals surface area contributed by atoms with E-state index in [1.165, 1.54) is 0 Å². The number of primary sulfonamides is 1. The fraction of sp³-hybridized carbons (Fsp3) is 0.222. The highest BCUT2D eigenvalue weighted by Gasteiger charge is 2.42. The molecule has 1 rings (SSSR count). The second-order valence-corrected chi connectivity index (χ2v) is 5.15. The summed E-state index contributed by atoms with van der Waals surface area (Å²) in [5.41, 5.74) is -5.74. The minimum atomic E-state index is -5.35. The van der Waals surface area contributed by atoms with Crippen molar-refractivity contribution >= 4 is 16.3 Å². The van der Waals surface area contributed by atoms with Gasteiger partial charge in [-0.15, -0.1) is 0 Å². The summed E-state index contributed by atoms with van der Waals surface area (Å²) in [6.45, 7) is 0. The molecular formula is C9H5F6NO3S. The third-order valence-corrected chi connectivity index (χ3v) is 3.10. The molecule has 0 spiro atoms. The van der Waals surface area contributed by atoms with Gasteiger partial charge in [0, 0.05) is 5.56 Å². The zero-order chi connectivity index (χ0) is 15.9. The van der Waals surface area contributed by atoms with Gasteiger partial charge in [0.15, 0.2) is 6.29 Å². The van der Waals surface area contributed by atoms with Gasteiger partial charge < -0.3 is 0 Å². The van der Waals surface area contributed by atoms with Crippen LogP contribution >= 0.6 is 0 Å². The summed E-state index contributed by atoms with van der Waals surface area (Å²) in [4.78, 5) is 9.14. The summed E-state index contributed by atoms with van der Waals surface area (Å²) in [5, 5.41) is 4.52. The van der Waals surface area contributed by atoms with Crippen molar-refractivity contribution < 1.29 is 39.6 Å². The molecule has 4 nitrogen and oxygen atoms in total. The van der Waals surface area contributed by atoms with Crippen molar-refractivity contribution in [2.24, 2.45) is 5.14 Å². The van der Waals surface area contributed by atoms with Crippen molar-refractivity contribution in [3.05, 3.63) is 28.8 Å². The highest BCUT2D eigenvalue weighted by atomic mass is 32.2. The Balaban J connectivity index is 3.90. The van der Waals surface area contributed by atoms with E-state index < -0.39 is 50.2 Å². The van der Waals surface area contributed by atoms with Gasteiger partial charge in [0.1, 0.15) is 0 Å². The van der Waals surface area contributed by atoms with Gasteiger partial charge in [-0.1, -0.05) is 0 Å². The predicted octanol–water partition coefficient (Wildman–Crippen LogP) is 2.18. The monoisotopic (exact) mass is 321 g/mol. The summed E-state index contributed by atoms with van der Waals surface area (Å²) in [6, 6.07) is -0.234. The summed E-state index contributed by atoms with van der Waals surface area (Å²) < 4.78 is 97.6. The lowest BCUT2D eigenvalue weighted by Gasteiger charge is -2.16. The summed E-state index contributed by atoms with van der Waals surface area (Å²) >= 11 is 0. The molecule has 0 unspecified atom stereocenters. The summed E-state index contributed by atoms with van der Waals surface area (Å²) in [7, 11) is -4.81. The number of carbonyl (C=O) groups is 1. The van der Waals surface area contributed by atoms with E-state index in [2.05, 4.69) is 5.14 Å². The van der Waals surface area contributed by atoms with E-state index in [1.54, 1.807) is 0 Å². The van der Waals surface area contributed by atoms with Crippen LogP contribution in [-0.2, 0) is 22.4 Å². The fourth-order valence-corrected chi connectivity index (χ4v) is 1.95. The second kappa shape index (κ2) is 4.74. The van der Waals surface area contributed by atoms with E-state index in [9.17, 15) is 39.6 Å².